The molecule has 1 N–H and O–H groups in total. The molecule has 0 spiro atoms. The molecular formula is C15H11NO2S. The van der Waals surface area contributed by atoms with Crippen LogP contribution in [0.4, 0.5) is 0 Å². The van der Waals surface area contributed by atoms with Crippen molar-refractivity contribution in [3.05, 3.63) is 59.2 Å². The minimum Gasteiger partial charge on any atom is -0.478 e. The summed E-state index contributed by atoms with van der Waals surface area (Å²) in [6.07, 6.45) is 0. The molecular weight excluding hydrogens is 258 g/mol. The maximum atomic E-state index is 10.9. The van der Waals surface area contributed by atoms with Gasteiger partial charge in [0.2, 0.25) is 0 Å². The van der Waals surface area contributed by atoms with E-state index in [9.17, 15) is 4.79 Å². The Bertz CT molecular complexity index is 674. The first-order chi connectivity index (χ1) is 9.10. The number of benzene rings is 2. The summed E-state index contributed by atoms with van der Waals surface area (Å²) < 4.78 is 0. The summed E-state index contributed by atoms with van der Waals surface area (Å²) in [6, 6.07) is 14.5. The molecule has 2 rings (SSSR count). The second kappa shape index (κ2) is 5.59. The highest BCUT2D eigenvalue weighted by Crippen LogP contribution is 2.31. The van der Waals surface area contributed by atoms with Crippen LogP contribution in [0.5, 0.6) is 0 Å². The first kappa shape index (κ1) is 13.2. The largest absolute Gasteiger partial charge is 0.478 e. The summed E-state index contributed by atoms with van der Waals surface area (Å²) in [5, 5.41) is 18.1. The molecule has 19 heavy (non-hydrogen) atoms. The van der Waals surface area contributed by atoms with Crippen LogP contribution in [-0.2, 0) is 0 Å². The quantitative estimate of drug-likeness (QED) is 0.922. The first-order valence-corrected chi connectivity index (χ1v) is 6.44. The molecule has 0 saturated heterocycles. The highest BCUT2D eigenvalue weighted by molar-refractivity contribution is 7.99. The minimum absolute atomic E-state index is 0.246. The van der Waals surface area contributed by atoms with Gasteiger partial charge in [0.25, 0.3) is 0 Å². The van der Waals surface area contributed by atoms with Gasteiger partial charge in [-0.2, -0.15) is 5.26 Å². The van der Waals surface area contributed by atoms with Crippen LogP contribution >= 0.6 is 11.8 Å². The Hall–Kier alpha value is -2.25. The summed E-state index contributed by atoms with van der Waals surface area (Å²) >= 11 is 1.39. The van der Waals surface area contributed by atoms with E-state index in [0.717, 1.165) is 15.4 Å². The van der Waals surface area contributed by atoms with E-state index in [1.54, 1.807) is 18.2 Å². The van der Waals surface area contributed by atoms with Crippen molar-refractivity contribution in [3.8, 4) is 6.07 Å². The van der Waals surface area contributed by atoms with Gasteiger partial charge in [-0.1, -0.05) is 23.9 Å². The third kappa shape index (κ3) is 3.15. The smallest absolute Gasteiger partial charge is 0.335 e. The molecule has 0 bridgehead atoms. The van der Waals surface area contributed by atoms with Crippen LogP contribution in [0.2, 0.25) is 0 Å². The maximum absolute atomic E-state index is 10.9. The highest BCUT2D eigenvalue weighted by Gasteiger charge is 2.07. The van der Waals surface area contributed by atoms with Gasteiger partial charge >= 0.3 is 5.97 Å². The minimum atomic E-state index is -0.952. The molecule has 0 heterocycles. The van der Waals surface area contributed by atoms with Crippen molar-refractivity contribution in [3.63, 3.8) is 0 Å². The van der Waals surface area contributed by atoms with Crippen molar-refractivity contribution in [2.45, 2.75) is 16.7 Å². The van der Waals surface area contributed by atoms with Crippen molar-refractivity contribution in [2.24, 2.45) is 0 Å². The second-order valence-corrected chi connectivity index (χ2v) is 5.16. The molecule has 2 aromatic carbocycles. The van der Waals surface area contributed by atoms with Crippen molar-refractivity contribution in [1.82, 2.24) is 0 Å². The van der Waals surface area contributed by atoms with E-state index in [-0.39, 0.29) is 5.56 Å². The van der Waals surface area contributed by atoms with Crippen molar-refractivity contribution in [2.75, 3.05) is 0 Å². The van der Waals surface area contributed by atoms with Gasteiger partial charge in [-0.05, 0) is 42.8 Å². The Morgan fingerprint density at radius 3 is 2.74 bits per heavy atom. The second-order valence-electron chi connectivity index (χ2n) is 4.05. The van der Waals surface area contributed by atoms with Crippen LogP contribution in [0.15, 0.2) is 52.3 Å². The molecule has 4 heteroatoms. The van der Waals surface area contributed by atoms with Crippen molar-refractivity contribution < 1.29 is 9.90 Å². The lowest BCUT2D eigenvalue weighted by molar-refractivity contribution is 0.0696. The van der Waals surface area contributed by atoms with Gasteiger partial charge in [-0.15, -0.1) is 0 Å². The zero-order valence-corrected chi connectivity index (χ0v) is 11.1. The summed E-state index contributed by atoms with van der Waals surface area (Å²) in [4.78, 5) is 12.5. The zero-order valence-electron chi connectivity index (χ0n) is 10.3. The summed E-state index contributed by atoms with van der Waals surface area (Å²) in [5.41, 5.74) is 1.88. The fourth-order valence-corrected chi connectivity index (χ4v) is 2.58. The van der Waals surface area contributed by atoms with Crippen LogP contribution in [0.25, 0.3) is 0 Å². The Labute approximate surface area is 115 Å². The average molecular weight is 269 g/mol. The van der Waals surface area contributed by atoms with E-state index < -0.39 is 5.97 Å². The van der Waals surface area contributed by atoms with Gasteiger partial charge in [-0.3, -0.25) is 0 Å². The third-order valence-electron chi connectivity index (χ3n) is 2.56. The molecule has 0 aromatic heterocycles. The number of aromatic carboxylic acids is 1. The van der Waals surface area contributed by atoms with Crippen LogP contribution in [-0.4, -0.2) is 11.1 Å². The Morgan fingerprint density at radius 1 is 1.26 bits per heavy atom. The number of nitrogens with zero attached hydrogens (tertiary/aromatic N) is 1. The molecule has 3 nitrogen and oxygen atoms in total. The van der Waals surface area contributed by atoms with Crippen LogP contribution in [0, 0.1) is 18.3 Å². The first-order valence-electron chi connectivity index (χ1n) is 5.62. The normalized spacial score (nSPS) is 9.89. The number of nitriles is 1. The van der Waals surface area contributed by atoms with Crippen LogP contribution < -0.4 is 0 Å². The summed E-state index contributed by atoms with van der Waals surface area (Å²) in [6.45, 7) is 1.93. The van der Waals surface area contributed by atoms with Gasteiger partial charge in [0.05, 0.1) is 11.1 Å². The highest BCUT2D eigenvalue weighted by atomic mass is 32.2. The fourth-order valence-electron chi connectivity index (χ4n) is 1.64. The van der Waals surface area contributed by atoms with E-state index in [1.165, 1.54) is 11.8 Å². The van der Waals surface area contributed by atoms with Crippen molar-refractivity contribution in [1.29, 1.82) is 5.26 Å². The molecule has 0 radical (unpaired) electrons. The average Bonchev–Trinajstić information content (AvgIpc) is 2.41. The maximum Gasteiger partial charge on any atom is 0.335 e. The topological polar surface area (TPSA) is 61.1 Å². The third-order valence-corrected chi connectivity index (χ3v) is 3.63. The van der Waals surface area contributed by atoms with Gasteiger partial charge < -0.3 is 5.11 Å². The number of hydrogen-bond donors (Lipinski definition) is 1. The van der Waals surface area contributed by atoms with Gasteiger partial charge in [0, 0.05) is 9.79 Å². The van der Waals surface area contributed by atoms with Crippen molar-refractivity contribution >= 4 is 17.7 Å². The number of carbonyl (C=O) groups is 1. The molecule has 0 unspecified atom stereocenters. The summed E-state index contributed by atoms with van der Waals surface area (Å²) in [7, 11) is 0. The van der Waals surface area contributed by atoms with E-state index in [4.69, 9.17) is 10.4 Å². The number of rotatable bonds is 3. The Kier molecular flexibility index (Phi) is 3.88. The van der Waals surface area contributed by atoms with E-state index in [2.05, 4.69) is 6.07 Å². The number of hydrogen-bond acceptors (Lipinski definition) is 3. The van der Waals surface area contributed by atoms with Gasteiger partial charge in [0.15, 0.2) is 0 Å². The predicted octanol–water partition coefficient (Wildman–Crippen LogP) is 3.72. The Morgan fingerprint density at radius 2 is 2.05 bits per heavy atom. The number of carboxylic acids is 1. The molecule has 2 aromatic rings. The summed E-state index contributed by atoms with van der Waals surface area (Å²) in [5.74, 6) is -0.952. The van der Waals surface area contributed by atoms with E-state index >= 15 is 0 Å². The molecule has 0 fully saturated rings. The standard InChI is InChI=1S/C15H11NO2S/c1-10-5-6-14(12(7-10)9-16)19-13-4-2-3-11(8-13)15(17)18/h2-8H,1H3,(H,17,18). The lowest BCUT2D eigenvalue weighted by atomic mass is 10.2. The van der Waals surface area contributed by atoms with Crippen LogP contribution in [0.1, 0.15) is 21.5 Å². The molecule has 0 amide bonds. The van der Waals surface area contributed by atoms with E-state index in [1.807, 2.05) is 31.2 Å². The lowest BCUT2D eigenvalue weighted by Crippen LogP contribution is -1.95. The predicted molar refractivity (Wildman–Crippen MR) is 73.4 cm³/mol. The van der Waals surface area contributed by atoms with E-state index in [0.29, 0.717) is 5.56 Å². The number of aryl methyl sites for hydroxylation is 1. The number of carboxylic acid groups (broad SMARTS) is 1. The SMILES string of the molecule is Cc1ccc(Sc2cccc(C(=O)O)c2)c(C#N)c1. The molecule has 0 atom stereocenters. The lowest BCUT2D eigenvalue weighted by Gasteiger charge is -2.05. The fraction of sp³-hybridized carbons (Fsp3) is 0.0667. The van der Waals surface area contributed by atoms with Gasteiger partial charge in [0.1, 0.15) is 6.07 Å². The molecule has 0 aliphatic carbocycles. The monoisotopic (exact) mass is 269 g/mol. The zero-order chi connectivity index (χ0) is 13.8. The van der Waals surface area contributed by atoms with Gasteiger partial charge in [-0.25, -0.2) is 4.79 Å². The Balaban J connectivity index is 2.34. The molecule has 94 valence electrons. The molecule has 0 aliphatic rings. The molecule has 0 aliphatic heterocycles. The van der Waals surface area contributed by atoms with Crippen LogP contribution in [0.3, 0.4) is 0 Å². The molecule has 0 saturated carbocycles.